The van der Waals surface area contributed by atoms with Gasteiger partial charge in [-0.2, -0.15) is 13.2 Å². The van der Waals surface area contributed by atoms with Gasteiger partial charge >= 0.3 is 6.18 Å². The summed E-state index contributed by atoms with van der Waals surface area (Å²) in [7, 11) is 0. The quantitative estimate of drug-likeness (QED) is 0.665. The zero-order valence-electron chi connectivity index (χ0n) is 11.8. The summed E-state index contributed by atoms with van der Waals surface area (Å²) in [5.41, 5.74) is 10.5. The molecule has 1 aliphatic carbocycles. The van der Waals surface area contributed by atoms with Crippen LogP contribution in [0.25, 0.3) is 0 Å². The molecule has 6 heteroatoms. The lowest BCUT2D eigenvalue weighted by Crippen LogP contribution is -2.35. The lowest BCUT2D eigenvalue weighted by molar-refractivity contribution is -0.137. The van der Waals surface area contributed by atoms with E-state index in [1.165, 1.54) is 12.1 Å². The molecule has 21 heavy (non-hydrogen) atoms. The predicted octanol–water partition coefficient (Wildman–Crippen LogP) is 3.18. The molecule has 1 aliphatic rings. The number of benzene rings is 1. The molecule has 0 aliphatic heterocycles. The maximum Gasteiger partial charge on any atom is 0.416 e. The second-order valence-electron chi connectivity index (χ2n) is 5.66. The first-order valence-corrected chi connectivity index (χ1v) is 7.07. The van der Waals surface area contributed by atoms with Crippen molar-refractivity contribution in [2.45, 2.75) is 43.7 Å². The number of halogens is 3. The predicted molar refractivity (Wildman–Crippen MR) is 76.9 cm³/mol. The fraction of sp³-hybridized carbons (Fsp3) is 0.533. The molecule has 0 atom stereocenters. The Morgan fingerprint density at radius 3 is 2.38 bits per heavy atom. The van der Waals surface area contributed by atoms with Crippen LogP contribution >= 0.6 is 0 Å². The number of hydrogen-bond acceptors (Lipinski definition) is 1. The molecule has 0 unspecified atom stereocenters. The summed E-state index contributed by atoms with van der Waals surface area (Å²) >= 11 is 0. The Labute approximate surface area is 122 Å². The van der Waals surface area contributed by atoms with Crippen molar-refractivity contribution >= 4 is 5.96 Å². The Bertz CT molecular complexity index is 513. The zero-order chi connectivity index (χ0) is 15.5. The molecular weight excluding hydrogens is 279 g/mol. The van der Waals surface area contributed by atoms with Crippen molar-refractivity contribution in [3.8, 4) is 0 Å². The van der Waals surface area contributed by atoms with Gasteiger partial charge in [0.25, 0.3) is 0 Å². The third-order valence-corrected chi connectivity index (χ3v) is 4.18. The van der Waals surface area contributed by atoms with Gasteiger partial charge in [-0.25, -0.2) is 0 Å². The van der Waals surface area contributed by atoms with Gasteiger partial charge in [0.1, 0.15) is 0 Å². The molecule has 1 aromatic rings. The van der Waals surface area contributed by atoms with E-state index in [1.54, 1.807) is 6.07 Å². The van der Waals surface area contributed by atoms with Gasteiger partial charge < -0.3 is 11.5 Å². The molecule has 0 aromatic heterocycles. The van der Waals surface area contributed by atoms with E-state index in [0.29, 0.717) is 12.1 Å². The summed E-state index contributed by atoms with van der Waals surface area (Å²) in [5.74, 6) is -0.0214. The molecule has 4 N–H and O–H groups in total. The molecule has 116 valence electrons. The summed E-state index contributed by atoms with van der Waals surface area (Å²) < 4.78 is 38.7. The molecule has 0 heterocycles. The van der Waals surface area contributed by atoms with E-state index < -0.39 is 11.7 Å². The van der Waals surface area contributed by atoms with Gasteiger partial charge in [0.15, 0.2) is 5.96 Å². The van der Waals surface area contributed by atoms with Gasteiger partial charge in [-0.15, -0.1) is 0 Å². The summed E-state index contributed by atoms with van der Waals surface area (Å²) in [6, 6.07) is 5.56. The SMILES string of the molecule is NC(N)=NCC1(c2cccc(C(F)(F)F)c2)CCCCC1. The molecular formula is C15H20F3N3. The van der Waals surface area contributed by atoms with Crippen LogP contribution in [0.3, 0.4) is 0 Å². The second-order valence-corrected chi connectivity index (χ2v) is 5.66. The highest BCUT2D eigenvalue weighted by Gasteiger charge is 2.36. The Balaban J connectivity index is 2.39. The molecule has 2 rings (SSSR count). The van der Waals surface area contributed by atoms with Crippen LogP contribution in [0, 0.1) is 0 Å². The van der Waals surface area contributed by atoms with Gasteiger partial charge in [0, 0.05) is 5.41 Å². The highest BCUT2D eigenvalue weighted by molar-refractivity contribution is 5.75. The van der Waals surface area contributed by atoms with E-state index in [2.05, 4.69) is 4.99 Å². The molecule has 0 bridgehead atoms. The van der Waals surface area contributed by atoms with Crippen molar-refractivity contribution in [1.29, 1.82) is 0 Å². The lowest BCUT2D eigenvalue weighted by atomic mass is 9.69. The van der Waals surface area contributed by atoms with Gasteiger partial charge in [0.05, 0.1) is 12.1 Å². The van der Waals surface area contributed by atoms with Crippen LogP contribution in [-0.4, -0.2) is 12.5 Å². The second kappa shape index (κ2) is 5.95. The Morgan fingerprint density at radius 1 is 1.14 bits per heavy atom. The van der Waals surface area contributed by atoms with E-state index >= 15 is 0 Å². The minimum absolute atomic E-state index is 0.0214. The van der Waals surface area contributed by atoms with Gasteiger partial charge in [-0.05, 0) is 24.5 Å². The van der Waals surface area contributed by atoms with Crippen LogP contribution < -0.4 is 11.5 Å². The summed E-state index contributed by atoms with van der Waals surface area (Å²) in [5, 5.41) is 0. The highest BCUT2D eigenvalue weighted by Crippen LogP contribution is 2.41. The molecule has 0 spiro atoms. The molecule has 0 saturated heterocycles. The van der Waals surface area contributed by atoms with Crippen molar-refractivity contribution in [3.63, 3.8) is 0 Å². The van der Waals surface area contributed by atoms with E-state index in [0.717, 1.165) is 38.2 Å². The lowest BCUT2D eigenvalue weighted by Gasteiger charge is -2.37. The first-order chi connectivity index (χ1) is 9.83. The van der Waals surface area contributed by atoms with Crippen molar-refractivity contribution in [1.82, 2.24) is 0 Å². The molecule has 1 saturated carbocycles. The van der Waals surface area contributed by atoms with Crippen molar-refractivity contribution in [3.05, 3.63) is 35.4 Å². The average molecular weight is 299 g/mol. The van der Waals surface area contributed by atoms with Crippen LogP contribution in [0.4, 0.5) is 13.2 Å². The van der Waals surface area contributed by atoms with Gasteiger partial charge in [-0.3, -0.25) is 4.99 Å². The van der Waals surface area contributed by atoms with E-state index in [-0.39, 0.29) is 11.4 Å². The summed E-state index contributed by atoms with van der Waals surface area (Å²) in [6.07, 6.45) is 0.354. The van der Waals surface area contributed by atoms with E-state index in [9.17, 15) is 13.2 Å². The fourth-order valence-corrected chi connectivity index (χ4v) is 3.03. The van der Waals surface area contributed by atoms with Crippen LogP contribution in [0.1, 0.15) is 43.2 Å². The van der Waals surface area contributed by atoms with Crippen molar-refractivity contribution in [2.24, 2.45) is 16.5 Å². The number of nitrogens with zero attached hydrogens (tertiary/aromatic N) is 1. The monoisotopic (exact) mass is 299 g/mol. The Kier molecular flexibility index (Phi) is 4.44. The number of alkyl halides is 3. The third kappa shape index (κ3) is 3.68. The van der Waals surface area contributed by atoms with Gasteiger partial charge in [0.2, 0.25) is 0 Å². The van der Waals surface area contributed by atoms with E-state index in [4.69, 9.17) is 11.5 Å². The Hall–Kier alpha value is -1.72. The Morgan fingerprint density at radius 2 is 1.81 bits per heavy atom. The van der Waals surface area contributed by atoms with Crippen molar-refractivity contribution in [2.75, 3.05) is 6.54 Å². The largest absolute Gasteiger partial charge is 0.416 e. The first kappa shape index (κ1) is 15.7. The van der Waals surface area contributed by atoms with Crippen molar-refractivity contribution < 1.29 is 13.2 Å². The molecule has 3 nitrogen and oxygen atoms in total. The minimum Gasteiger partial charge on any atom is -0.370 e. The standard InChI is InChI=1S/C15H20F3N3/c16-15(17,18)12-6-4-5-11(9-12)14(10-21-13(19)20)7-2-1-3-8-14/h4-6,9H,1-3,7-8,10H2,(H4,19,20,21). The van der Waals surface area contributed by atoms with E-state index in [1.807, 2.05) is 0 Å². The normalized spacial score (nSPS) is 18.2. The number of aliphatic imine (C=N–C) groups is 1. The van der Waals surface area contributed by atoms with Gasteiger partial charge in [-0.1, -0.05) is 37.5 Å². The highest BCUT2D eigenvalue weighted by atomic mass is 19.4. The fourth-order valence-electron chi connectivity index (χ4n) is 3.03. The number of rotatable bonds is 3. The maximum atomic E-state index is 12.9. The summed E-state index contributed by atoms with van der Waals surface area (Å²) in [6.45, 7) is 0.344. The van der Waals surface area contributed by atoms with Crippen LogP contribution in [0.15, 0.2) is 29.3 Å². The molecule has 1 aromatic carbocycles. The summed E-state index contributed by atoms with van der Waals surface area (Å²) in [4.78, 5) is 4.08. The molecule has 0 radical (unpaired) electrons. The zero-order valence-corrected chi connectivity index (χ0v) is 11.8. The topological polar surface area (TPSA) is 64.4 Å². The average Bonchev–Trinajstić information content (AvgIpc) is 2.45. The van der Waals surface area contributed by atoms with Crippen LogP contribution in [0.2, 0.25) is 0 Å². The molecule has 1 fully saturated rings. The number of nitrogens with two attached hydrogens (primary N) is 2. The number of guanidine groups is 1. The third-order valence-electron chi connectivity index (χ3n) is 4.18. The maximum absolute atomic E-state index is 12.9. The van der Waals surface area contributed by atoms with Crippen LogP contribution in [0.5, 0.6) is 0 Å². The molecule has 0 amide bonds. The smallest absolute Gasteiger partial charge is 0.370 e. The van der Waals surface area contributed by atoms with Crippen LogP contribution in [-0.2, 0) is 11.6 Å². The first-order valence-electron chi connectivity index (χ1n) is 7.07. The minimum atomic E-state index is -4.33. The number of hydrogen-bond donors (Lipinski definition) is 2.